The van der Waals surface area contributed by atoms with Crippen molar-refractivity contribution in [3.05, 3.63) is 70.2 Å². The number of ketones is 3. The molecule has 1 atom stereocenters. The molecule has 0 aromatic heterocycles. The van der Waals surface area contributed by atoms with Gasteiger partial charge in [-0.3, -0.25) is 14.4 Å². The summed E-state index contributed by atoms with van der Waals surface area (Å²) in [4.78, 5) is 47.3. The van der Waals surface area contributed by atoms with Gasteiger partial charge in [-0.25, -0.2) is 0 Å². The molecule has 3 aliphatic rings. The standard InChI is InChI=1S/C32H46N2O3.C11H21N.C2H6/c1-21(2)17-33-12-10-31(6,7)27(19-33)29(36)25-14-24(23(5)35)15-26(16-25)30(37)28-20-34(18-22(3)4)13-11-32(28,8)9;1-9(2)7-12-6-5-10(3)11(4)8-12;1-2/h14-16,19-22H,10-13,17-18H2,1-9H3;8-10H,5-7H2,1-4H3;1-2H3. The summed E-state index contributed by atoms with van der Waals surface area (Å²) in [5, 5.41) is 0. The summed E-state index contributed by atoms with van der Waals surface area (Å²) in [6.45, 7) is 37.8. The molecule has 0 fully saturated rings. The number of hydrogen-bond acceptors (Lipinski definition) is 6. The lowest BCUT2D eigenvalue weighted by Gasteiger charge is -2.38. The van der Waals surface area contributed by atoms with Gasteiger partial charge in [0.05, 0.1) is 0 Å². The largest absolute Gasteiger partial charge is 0.377 e. The highest BCUT2D eigenvalue weighted by Gasteiger charge is 2.36. The second kappa shape index (κ2) is 19.1. The molecule has 1 unspecified atom stereocenters. The predicted molar refractivity (Wildman–Crippen MR) is 216 cm³/mol. The van der Waals surface area contributed by atoms with Crippen molar-refractivity contribution in [3.8, 4) is 0 Å². The van der Waals surface area contributed by atoms with Gasteiger partial charge in [-0.05, 0) is 92.0 Å². The smallest absolute Gasteiger partial charge is 0.191 e. The average molecular weight is 704 g/mol. The Hall–Kier alpha value is -3.15. The second-order valence-corrected chi connectivity index (χ2v) is 17.6. The summed E-state index contributed by atoms with van der Waals surface area (Å²) in [5.74, 6) is 2.20. The maximum Gasteiger partial charge on any atom is 0.191 e. The van der Waals surface area contributed by atoms with E-state index in [1.807, 2.05) is 26.2 Å². The van der Waals surface area contributed by atoms with Crippen molar-refractivity contribution in [2.45, 2.75) is 123 Å². The molecule has 1 aromatic carbocycles. The lowest BCUT2D eigenvalue weighted by atomic mass is 9.74. The van der Waals surface area contributed by atoms with Crippen molar-refractivity contribution in [1.82, 2.24) is 14.7 Å². The van der Waals surface area contributed by atoms with Crippen LogP contribution in [-0.2, 0) is 0 Å². The van der Waals surface area contributed by atoms with E-state index in [1.54, 1.807) is 23.8 Å². The molecule has 3 aliphatic heterocycles. The quantitative estimate of drug-likeness (QED) is 0.214. The average Bonchev–Trinajstić information content (AvgIpc) is 3.04. The van der Waals surface area contributed by atoms with Crippen molar-refractivity contribution < 1.29 is 14.4 Å². The van der Waals surface area contributed by atoms with Crippen LogP contribution in [0.4, 0.5) is 0 Å². The molecule has 286 valence electrons. The number of allylic oxidation sites excluding steroid dienone is 3. The summed E-state index contributed by atoms with van der Waals surface area (Å²) in [5.41, 5.74) is 3.67. The Morgan fingerprint density at radius 3 is 1.33 bits per heavy atom. The van der Waals surface area contributed by atoms with Crippen molar-refractivity contribution in [2.75, 3.05) is 39.3 Å². The van der Waals surface area contributed by atoms with Gasteiger partial charge in [0.1, 0.15) is 0 Å². The van der Waals surface area contributed by atoms with Crippen LogP contribution in [0.1, 0.15) is 154 Å². The third-order valence-electron chi connectivity index (χ3n) is 10.3. The Balaban J connectivity index is 0.000000540. The summed E-state index contributed by atoms with van der Waals surface area (Å²) in [7, 11) is 0. The number of rotatable bonds is 11. The lowest BCUT2D eigenvalue weighted by molar-refractivity contribution is 0.0985. The zero-order valence-corrected chi connectivity index (χ0v) is 35.2. The first-order chi connectivity index (χ1) is 23.7. The highest BCUT2D eigenvalue weighted by molar-refractivity contribution is 6.15. The molecule has 6 nitrogen and oxygen atoms in total. The minimum Gasteiger partial charge on any atom is -0.377 e. The van der Waals surface area contributed by atoms with Crippen LogP contribution in [0, 0.1) is 34.5 Å². The number of carbonyl (C=O) groups excluding carboxylic acids is 3. The highest BCUT2D eigenvalue weighted by Crippen LogP contribution is 2.39. The molecule has 4 rings (SSSR count). The van der Waals surface area contributed by atoms with E-state index in [-0.39, 0.29) is 28.2 Å². The number of carbonyl (C=O) groups is 3. The molecular weight excluding hydrogens is 631 g/mol. The molecule has 1 aromatic rings. The molecule has 3 heterocycles. The van der Waals surface area contributed by atoms with E-state index in [1.165, 1.54) is 26.4 Å². The van der Waals surface area contributed by atoms with Gasteiger partial charge in [-0.15, -0.1) is 0 Å². The third kappa shape index (κ3) is 12.8. The first-order valence-electron chi connectivity index (χ1n) is 19.8. The molecule has 51 heavy (non-hydrogen) atoms. The second-order valence-electron chi connectivity index (χ2n) is 17.6. The molecular formula is C45H73N3O3. The number of hydrogen-bond donors (Lipinski definition) is 0. The fourth-order valence-corrected chi connectivity index (χ4v) is 7.00. The van der Waals surface area contributed by atoms with Gasteiger partial charge >= 0.3 is 0 Å². The van der Waals surface area contributed by atoms with Gasteiger partial charge in [-0.2, -0.15) is 0 Å². The van der Waals surface area contributed by atoms with Crippen LogP contribution in [0.25, 0.3) is 0 Å². The van der Waals surface area contributed by atoms with E-state index in [4.69, 9.17) is 0 Å². The highest BCUT2D eigenvalue weighted by atomic mass is 16.1. The zero-order valence-electron chi connectivity index (χ0n) is 35.2. The normalized spacial score (nSPS) is 19.8. The minimum atomic E-state index is -0.286. The third-order valence-corrected chi connectivity index (χ3v) is 10.3. The molecule has 0 N–H and O–H groups in total. The van der Waals surface area contributed by atoms with Crippen LogP contribution < -0.4 is 0 Å². The van der Waals surface area contributed by atoms with Gasteiger partial charge < -0.3 is 14.7 Å². The van der Waals surface area contributed by atoms with Crippen molar-refractivity contribution in [2.24, 2.45) is 34.5 Å². The minimum absolute atomic E-state index is 0.103. The number of Topliss-reactive ketones (excluding diaryl/α,β-unsaturated/α-hetero) is 3. The molecule has 0 saturated heterocycles. The zero-order chi connectivity index (χ0) is 38.8. The van der Waals surface area contributed by atoms with Crippen molar-refractivity contribution in [1.29, 1.82) is 0 Å². The molecule has 0 saturated carbocycles. The van der Waals surface area contributed by atoms with E-state index in [0.29, 0.717) is 28.5 Å². The summed E-state index contributed by atoms with van der Waals surface area (Å²) >= 11 is 0. The fraction of sp³-hybridized carbons (Fsp3) is 0.667. The molecule has 0 bridgehead atoms. The first-order valence-corrected chi connectivity index (χ1v) is 19.8. The topological polar surface area (TPSA) is 60.9 Å². The maximum atomic E-state index is 13.9. The summed E-state index contributed by atoms with van der Waals surface area (Å²) < 4.78 is 0. The van der Waals surface area contributed by atoms with E-state index < -0.39 is 0 Å². The van der Waals surface area contributed by atoms with E-state index in [0.717, 1.165) is 62.0 Å². The Morgan fingerprint density at radius 1 is 0.647 bits per heavy atom. The monoisotopic (exact) mass is 704 g/mol. The van der Waals surface area contributed by atoms with Crippen LogP contribution in [0.5, 0.6) is 0 Å². The Morgan fingerprint density at radius 2 is 1.00 bits per heavy atom. The molecule has 6 heteroatoms. The first kappa shape index (κ1) is 44.0. The maximum absolute atomic E-state index is 13.9. The Labute approximate surface area is 312 Å². The van der Waals surface area contributed by atoms with E-state index in [2.05, 4.69) is 104 Å². The predicted octanol–water partition coefficient (Wildman–Crippen LogP) is 10.7. The van der Waals surface area contributed by atoms with E-state index >= 15 is 0 Å². The van der Waals surface area contributed by atoms with Crippen LogP contribution in [0.3, 0.4) is 0 Å². The molecule has 0 spiro atoms. The number of nitrogens with zero attached hydrogens (tertiary/aromatic N) is 3. The Bertz CT molecular complexity index is 1360. The van der Waals surface area contributed by atoms with Crippen LogP contribution >= 0.6 is 0 Å². The van der Waals surface area contributed by atoms with Gasteiger partial charge in [0.15, 0.2) is 17.3 Å². The van der Waals surface area contributed by atoms with Crippen molar-refractivity contribution in [3.63, 3.8) is 0 Å². The molecule has 0 radical (unpaired) electrons. The van der Waals surface area contributed by atoms with Crippen LogP contribution in [0.15, 0.2) is 53.5 Å². The van der Waals surface area contributed by atoms with Crippen molar-refractivity contribution >= 4 is 17.3 Å². The van der Waals surface area contributed by atoms with E-state index in [9.17, 15) is 14.4 Å². The van der Waals surface area contributed by atoms with Crippen LogP contribution in [0.2, 0.25) is 0 Å². The van der Waals surface area contributed by atoms with Gasteiger partial charge in [0, 0.05) is 79.5 Å². The molecule has 0 amide bonds. The van der Waals surface area contributed by atoms with Crippen LogP contribution in [-0.4, -0.2) is 71.3 Å². The molecule has 0 aliphatic carbocycles. The number of benzene rings is 1. The van der Waals surface area contributed by atoms with Gasteiger partial charge in [0.2, 0.25) is 0 Å². The summed E-state index contributed by atoms with van der Waals surface area (Å²) in [6.07, 6.45) is 9.43. The van der Waals surface area contributed by atoms with Gasteiger partial charge in [-0.1, -0.05) is 95.6 Å². The summed E-state index contributed by atoms with van der Waals surface area (Å²) in [6, 6.07) is 5.02. The Kier molecular flexibility index (Phi) is 16.5. The fourth-order valence-electron chi connectivity index (χ4n) is 7.00. The SMILES string of the molecule is CC.CC(=O)c1cc(C(=O)C2=CN(CC(C)C)CCC2(C)C)cc(C(=O)C2=CN(CC(C)C)CCC2(C)C)c1.CC1=CN(CC(C)C)CCC1C. The van der Waals surface area contributed by atoms with Gasteiger partial charge in [0.25, 0.3) is 0 Å². The lowest BCUT2D eigenvalue weighted by Crippen LogP contribution is -2.37.